The molecule has 0 spiro atoms. The van der Waals surface area contributed by atoms with Crippen molar-refractivity contribution in [2.24, 2.45) is 11.5 Å². The first kappa shape index (κ1) is 15.0. The average molecular weight is 250 g/mol. The molecule has 0 rings (SSSR count). The summed E-state index contributed by atoms with van der Waals surface area (Å²) in [6.45, 7) is 1.30. The Morgan fingerprint density at radius 1 is 1.31 bits per heavy atom. The lowest BCUT2D eigenvalue weighted by Crippen LogP contribution is -2.39. The second kappa shape index (κ2) is 9.25. The first-order valence-corrected chi connectivity index (χ1v) is 6.01. The van der Waals surface area contributed by atoms with Gasteiger partial charge in [-0.1, -0.05) is 0 Å². The number of urea groups is 1. The minimum Gasteiger partial charge on any atom is -0.480 e. The second-order valence-corrected chi connectivity index (χ2v) is 4.14. The highest BCUT2D eigenvalue weighted by atomic mass is 32.2. The summed E-state index contributed by atoms with van der Waals surface area (Å²) in [4.78, 5) is 21.4. The number of rotatable bonds is 8. The summed E-state index contributed by atoms with van der Waals surface area (Å²) in [5.41, 5.74) is 10.5. The lowest BCUT2D eigenvalue weighted by molar-refractivity contribution is -0.137. The maximum absolute atomic E-state index is 11.0. The molecule has 16 heavy (non-hydrogen) atoms. The van der Waals surface area contributed by atoms with Crippen LogP contribution in [0.15, 0.2) is 0 Å². The topological polar surface area (TPSA) is 130 Å². The Kier molecular flexibility index (Phi) is 8.68. The second-order valence-electron chi connectivity index (χ2n) is 2.99. The van der Waals surface area contributed by atoms with Crippen LogP contribution in [0, 0.1) is 0 Å². The van der Waals surface area contributed by atoms with Crippen LogP contribution < -0.4 is 22.1 Å². The minimum atomic E-state index is -1.01. The molecule has 0 aromatic rings. The summed E-state index contributed by atoms with van der Waals surface area (Å²) in [5.74, 6) is -0.0560. The van der Waals surface area contributed by atoms with E-state index in [9.17, 15) is 9.59 Å². The molecule has 0 bridgehead atoms. The van der Waals surface area contributed by atoms with Crippen molar-refractivity contribution in [1.29, 1.82) is 0 Å². The van der Waals surface area contributed by atoms with Gasteiger partial charge in [-0.3, -0.25) is 4.79 Å². The van der Waals surface area contributed by atoms with Crippen LogP contribution in [0.2, 0.25) is 0 Å². The molecule has 7 nitrogen and oxygen atoms in total. The normalized spacial score (nSPS) is 11.9. The fourth-order valence-electron chi connectivity index (χ4n) is 0.767. The molecule has 0 fully saturated rings. The third-order valence-corrected chi connectivity index (χ3v) is 2.66. The Hall–Kier alpha value is -0.990. The van der Waals surface area contributed by atoms with Gasteiger partial charge in [-0.15, -0.1) is 0 Å². The van der Waals surface area contributed by atoms with Crippen molar-refractivity contribution in [2.75, 3.05) is 31.1 Å². The Balaban J connectivity index is 3.33. The molecule has 0 radical (unpaired) electrons. The minimum absolute atomic E-state index is 0.270. The number of carbonyl (C=O) groups excluding carboxylic acids is 1. The van der Waals surface area contributed by atoms with E-state index in [1.807, 2.05) is 0 Å². The number of hydrogen-bond donors (Lipinski definition) is 5. The van der Waals surface area contributed by atoms with Gasteiger partial charge in [0.1, 0.15) is 6.04 Å². The Morgan fingerprint density at radius 3 is 2.50 bits per heavy atom. The van der Waals surface area contributed by atoms with Gasteiger partial charge >= 0.3 is 12.0 Å². The fourth-order valence-corrected chi connectivity index (χ4v) is 1.58. The third-order valence-electron chi connectivity index (χ3n) is 1.58. The SMILES string of the molecule is NCCNC(=O)NCCSC[C@H](N)C(=O)O. The monoisotopic (exact) mass is 250 g/mol. The predicted octanol–water partition coefficient (Wildman–Crippen LogP) is -1.61. The van der Waals surface area contributed by atoms with E-state index in [2.05, 4.69) is 10.6 Å². The van der Waals surface area contributed by atoms with Crippen LogP contribution in [0.25, 0.3) is 0 Å². The number of thioether (sulfide) groups is 1. The summed E-state index contributed by atoms with van der Waals surface area (Å²) < 4.78 is 0. The van der Waals surface area contributed by atoms with E-state index >= 15 is 0 Å². The quantitative estimate of drug-likeness (QED) is 0.329. The highest BCUT2D eigenvalue weighted by Gasteiger charge is 2.10. The smallest absolute Gasteiger partial charge is 0.321 e. The van der Waals surface area contributed by atoms with E-state index in [4.69, 9.17) is 16.6 Å². The van der Waals surface area contributed by atoms with E-state index in [0.717, 1.165) is 0 Å². The maximum atomic E-state index is 11.0. The largest absolute Gasteiger partial charge is 0.480 e. The molecule has 0 aliphatic heterocycles. The number of carbonyl (C=O) groups is 2. The van der Waals surface area contributed by atoms with Crippen LogP contribution in [-0.4, -0.2) is 54.3 Å². The van der Waals surface area contributed by atoms with Gasteiger partial charge in [-0.2, -0.15) is 11.8 Å². The summed E-state index contributed by atoms with van der Waals surface area (Å²) in [5, 5.41) is 13.6. The average Bonchev–Trinajstić information content (AvgIpc) is 2.25. The van der Waals surface area contributed by atoms with Crippen molar-refractivity contribution in [3.05, 3.63) is 0 Å². The molecular weight excluding hydrogens is 232 g/mol. The van der Waals surface area contributed by atoms with Crippen molar-refractivity contribution in [1.82, 2.24) is 10.6 Å². The van der Waals surface area contributed by atoms with Gasteiger partial charge < -0.3 is 27.2 Å². The van der Waals surface area contributed by atoms with E-state index in [1.54, 1.807) is 0 Å². The van der Waals surface area contributed by atoms with Crippen LogP contribution in [0.4, 0.5) is 4.79 Å². The van der Waals surface area contributed by atoms with Gasteiger partial charge in [0, 0.05) is 31.1 Å². The molecule has 0 aliphatic carbocycles. The van der Waals surface area contributed by atoms with E-state index in [1.165, 1.54) is 11.8 Å². The molecule has 94 valence electrons. The number of nitrogens with one attached hydrogen (secondary N) is 2. The van der Waals surface area contributed by atoms with Gasteiger partial charge in [0.15, 0.2) is 0 Å². The first-order valence-electron chi connectivity index (χ1n) is 4.85. The Bertz CT molecular complexity index is 227. The zero-order valence-electron chi connectivity index (χ0n) is 8.94. The highest BCUT2D eigenvalue weighted by molar-refractivity contribution is 7.99. The zero-order chi connectivity index (χ0) is 12.4. The molecular formula is C8H18N4O3S. The lowest BCUT2D eigenvalue weighted by atomic mass is 10.4. The highest BCUT2D eigenvalue weighted by Crippen LogP contribution is 2.00. The Morgan fingerprint density at radius 2 is 1.94 bits per heavy atom. The molecule has 0 saturated heterocycles. The first-order chi connectivity index (χ1) is 7.57. The number of aliphatic carboxylic acids is 1. The summed E-state index contributed by atoms with van der Waals surface area (Å²) >= 11 is 1.38. The number of nitrogens with two attached hydrogens (primary N) is 2. The van der Waals surface area contributed by atoms with Crippen molar-refractivity contribution >= 4 is 23.8 Å². The standard InChI is InChI=1S/C8H18N4O3S/c9-1-2-11-8(15)12-3-4-16-5-6(10)7(13)14/h6H,1-5,9-10H2,(H,13,14)(H2,11,12,15)/t6-/m0/s1. The van der Waals surface area contributed by atoms with Crippen molar-refractivity contribution in [2.45, 2.75) is 6.04 Å². The van der Waals surface area contributed by atoms with Crippen molar-refractivity contribution in [3.63, 3.8) is 0 Å². The predicted molar refractivity (Wildman–Crippen MR) is 63.4 cm³/mol. The third kappa shape index (κ3) is 8.33. The fraction of sp³-hybridized carbons (Fsp3) is 0.750. The van der Waals surface area contributed by atoms with Crippen LogP contribution in [0.5, 0.6) is 0 Å². The van der Waals surface area contributed by atoms with Gasteiger partial charge in [0.2, 0.25) is 0 Å². The van der Waals surface area contributed by atoms with E-state index in [-0.39, 0.29) is 6.03 Å². The molecule has 0 unspecified atom stereocenters. The number of amides is 2. The molecule has 0 saturated carbocycles. The Labute approximate surface area is 98.3 Å². The van der Waals surface area contributed by atoms with E-state index in [0.29, 0.717) is 31.1 Å². The zero-order valence-corrected chi connectivity index (χ0v) is 9.76. The summed E-state index contributed by atoms with van der Waals surface area (Å²) in [7, 11) is 0. The molecule has 7 N–H and O–H groups in total. The molecule has 1 atom stereocenters. The summed E-state index contributed by atoms with van der Waals surface area (Å²) in [6.07, 6.45) is 0. The number of carboxylic acids is 1. The summed E-state index contributed by atoms with van der Waals surface area (Å²) in [6, 6.07) is -1.12. The van der Waals surface area contributed by atoms with Crippen LogP contribution in [0.3, 0.4) is 0 Å². The van der Waals surface area contributed by atoms with Gasteiger partial charge in [0.25, 0.3) is 0 Å². The van der Waals surface area contributed by atoms with Crippen LogP contribution in [-0.2, 0) is 4.79 Å². The van der Waals surface area contributed by atoms with E-state index < -0.39 is 12.0 Å². The molecule has 2 amide bonds. The molecule has 8 heteroatoms. The number of carboxylic acid groups (broad SMARTS) is 1. The number of hydrogen-bond acceptors (Lipinski definition) is 5. The maximum Gasteiger partial charge on any atom is 0.321 e. The van der Waals surface area contributed by atoms with Crippen LogP contribution >= 0.6 is 11.8 Å². The lowest BCUT2D eigenvalue weighted by Gasteiger charge is -2.07. The molecule has 0 heterocycles. The molecule has 0 aromatic heterocycles. The van der Waals surface area contributed by atoms with Crippen LogP contribution in [0.1, 0.15) is 0 Å². The van der Waals surface area contributed by atoms with Gasteiger partial charge in [-0.25, -0.2) is 4.79 Å². The molecule has 0 aromatic carbocycles. The van der Waals surface area contributed by atoms with Crippen molar-refractivity contribution in [3.8, 4) is 0 Å². The van der Waals surface area contributed by atoms with Gasteiger partial charge in [-0.05, 0) is 0 Å². The van der Waals surface area contributed by atoms with Crippen molar-refractivity contribution < 1.29 is 14.7 Å². The van der Waals surface area contributed by atoms with Gasteiger partial charge in [0.05, 0.1) is 0 Å². The molecule has 0 aliphatic rings.